The molecule has 3 aliphatic rings. The van der Waals surface area contributed by atoms with Crippen LogP contribution >= 0.6 is 0 Å². The zero-order chi connectivity index (χ0) is 16.3. The number of aromatic nitrogens is 4. The monoisotopic (exact) mass is 349 g/mol. The van der Waals surface area contributed by atoms with E-state index in [1.165, 1.54) is 17.7 Å². The summed E-state index contributed by atoms with van der Waals surface area (Å²) >= 11 is 0. The first-order valence-corrected chi connectivity index (χ1v) is 18.0. The quantitative estimate of drug-likeness (QED) is 0.781. The van der Waals surface area contributed by atoms with Crippen molar-refractivity contribution in [2.24, 2.45) is 0 Å². The summed E-state index contributed by atoms with van der Waals surface area (Å²) in [6.45, 7) is 17.2. The molecule has 3 aliphatic heterocycles. The van der Waals surface area contributed by atoms with Gasteiger partial charge in [0.15, 0.2) is 14.1 Å². The van der Waals surface area contributed by atoms with Gasteiger partial charge in [-0.15, -0.1) is 0 Å². The average molecular weight is 350 g/mol. The van der Waals surface area contributed by atoms with E-state index >= 15 is 0 Å². The van der Waals surface area contributed by atoms with Crippen LogP contribution in [0, 0.1) is 0 Å². The second kappa shape index (κ2) is 4.75. The Bertz CT molecular complexity index is 674. The molecule has 22 heavy (non-hydrogen) atoms. The van der Waals surface area contributed by atoms with Gasteiger partial charge in [-0.2, -0.15) is 0 Å². The third kappa shape index (κ3) is 2.56. The van der Waals surface area contributed by atoms with E-state index in [0.717, 1.165) is 11.5 Å². The molecule has 0 N–H and O–H groups in total. The molecule has 3 heterocycles. The van der Waals surface area contributed by atoms with Crippen LogP contribution in [0.2, 0.25) is 51.5 Å². The van der Waals surface area contributed by atoms with E-state index in [0.29, 0.717) is 0 Å². The fourth-order valence-corrected chi connectivity index (χ4v) is 20.6. The summed E-state index contributed by atoms with van der Waals surface area (Å²) in [7, 11) is -4.16. The molecule has 5 nitrogen and oxygen atoms in total. The third-order valence-electron chi connectivity index (χ3n) is 4.52. The predicted molar refractivity (Wildman–Crippen MR) is 100 cm³/mol. The summed E-state index contributed by atoms with van der Waals surface area (Å²) < 4.78 is 5.17. The number of hydrogen-bond acceptors (Lipinski definition) is 4. The van der Waals surface area contributed by atoms with Crippen molar-refractivity contribution in [2.75, 3.05) is 10.7 Å². The molecule has 3 rings (SSSR count). The maximum Gasteiger partial charge on any atom is 0.184 e. The van der Waals surface area contributed by atoms with Crippen molar-refractivity contribution in [3.63, 3.8) is 0 Å². The maximum atomic E-state index is 4.57. The third-order valence-corrected chi connectivity index (χ3v) is 16.9. The normalized spacial score (nSPS) is 20.8. The van der Waals surface area contributed by atoms with E-state index in [2.05, 4.69) is 69.6 Å². The van der Waals surface area contributed by atoms with Gasteiger partial charge in [-0.05, 0) is 5.67 Å². The Labute approximate surface area is 136 Å². The number of anilines is 1. The summed E-state index contributed by atoms with van der Waals surface area (Å²) in [6.07, 6.45) is 4.90. The number of imidazole rings is 1. The zero-order valence-electron chi connectivity index (χ0n) is 14.8. The minimum absolute atomic E-state index is 0.792. The summed E-state index contributed by atoms with van der Waals surface area (Å²) in [5, 5.41) is 0. The highest BCUT2D eigenvalue weighted by Gasteiger charge is 2.48. The van der Waals surface area contributed by atoms with E-state index < -0.39 is 24.5 Å². The molecule has 1 saturated heterocycles. The molecular weight excluding hydrogens is 322 g/mol. The summed E-state index contributed by atoms with van der Waals surface area (Å²) in [4.78, 5) is 13.5. The highest BCUT2D eigenvalue weighted by molar-refractivity contribution is 7.02. The Balaban J connectivity index is 2.24. The maximum absolute atomic E-state index is 4.57. The lowest BCUT2D eigenvalue weighted by Gasteiger charge is -2.38. The van der Waals surface area contributed by atoms with E-state index in [-0.39, 0.29) is 0 Å². The molecular formula is C14H27N5Si3. The van der Waals surface area contributed by atoms with E-state index in [4.69, 9.17) is 0 Å². The van der Waals surface area contributed by atoms with Gasteiger partial charge >= 0.3 is 0 Å². The molecule has 0 aromatic heterocycles. The van der Waals surface area contributed by atoms with Crippen LogP contribution in [0.15, 0.2) is 12.7 Å². The minimum atomic E-state index is -1.56. The summed E-state index contributed by atoms with van der Waals surface area (Å²) in [6, 6.07) is 0. The molecule has 0 atom stereocenters. The van der Waals surface area contributed by atoms with Crippen LogP contribution in [0.4, 0.5) is 5.82 Å². The molecule has 120 valence electrons. The van der Waals surface area contributed by atoms with Crippen LogP contribution < -0.4 is 4.57 Å². The van der Waals surface area contributed by atoms with Gasteiger partial charge < -0.3 is 8.80 Å². The topological polar surface area (TPSA) is 46.8 Å². The van der Waals surface area contributed by atoms with Crippen molar-refractivity contribution in [3.05, 3.63) is 12.7 Å². The van der Waals surface area contributed by atoms with Crippen molar-refractivity contribution in [1.82, 2.24) is 19.2 Å². The smallest absolute Gasteiger partial charge is 0.184 e. The molecule has 0 radical (unpaired) electrons. The van der Waals surface area contributed by atoms with E-state index in [9.17, 15) is 0 Å². The van der Waals surface area contributed by atoms with Crippen LogP contribution in [-0.4, -0.2) is 49.9 Å². The van der Waals surface area contributed by atoms with Crippen molar-refractivity contribution in [3.8, 4) is 11.5 Å². The Morgan fingerprint density at radius 2 is 1.73 bits per heavy atom. The van der Waals surface area contributed by atoms with Gasteiger partial charge in [-0.25, -0.2) is 15.0 Å². The van der Waals surface area contributed by atoms with Crippen molar-refractivity contribution >= 4 is 30.4 Å². The Morgan fingerprint density at radius 1 is 1.05 bits per heavy atom. The SMILES string of the molecule is C[Si]1(C)CN(c2c3ncnc-3ncn2[Si](C)(C)C)[Si](C)(C)C1. The zero-order valence-corrected chi connectivity index (χ0v) is 17.8. The van der Waals surface area contributed by atoms with Gasteiger partial charge in [0, 0.05) is 6.17 Å². The minimum Gasteiger partial charge on any atom is -0.386 e. The highest BCUT2D eigenvalue weighted by atomic mass is 28.4. The predicted octanol–water partition coefficient (Wildman–Crippen LogP) is 3.27. The first-order valence-electron chi connectivity index (χ1n) is 7.97. The molecule has 0 amide bonds. The molecule has 0 aliphatic carbocycles. The Kier molecular flexibility index (Phi) is 3.43. The van der Waals surface area contributed by atoms with Crippen LogP contribution in [0.3, 0.4) is 0 Å². The molecule has 8 heteroatoms. The average Bonchev–Trinajstić information content (AvgIpc) is 2.87. The van der Waals surface area contributed by atoms with Crippen LogP contribution in [0.5, 0.6) is 0 Å². The van der Waals surface area contributed by atoms with Crippen molar-refractivity contribution in [2.45, 2.75) is 51.5 Å². The second-order valence-electron chi connectivity index (χ2n) is 8.89. The fraction of sp³-hybridized carbons (Fsp3) is 0.643. The van der Waals surface area contributed by atoms with Crippen LogP contribution in [-0.2, 0) is 0 Å². The summed E-state index contributed by atoms with van der Waals surface area (Å²) in [5.74, 6) is 2.09. The fourth-order valence-electron chi connectivity index (χ4n) is 3.87. The molecule has 0 saturated carbocycles. The standard InChI is InChI=1S/C14H27N5Si3/c1-20(2,3)18-9-17-13-12(15-8-16-13)14(18)19-10-21(4,5)11-22(19,6)7/h8-9H,10-11H2,1-7H3. The van der Waals surface area contributed by atoms with Gasteiger partial charge in [-0.3, -0.25) is 0 Å². The van der Waals surface area contributed by atoms with E-state index in [1.807, 2.05) is 6.33 Å². The first-order chi connectivity index (χ1) is 10.0. The van der Waals surface area contributed by atoms with Gasteiger partial charge in [-0.1, -0.05) is 45.8 Å². The molecule has 1 fully saturated rings. The lowest BCUT2D eigenvalue weighted by atomic mass is 10.4. The van der Waals surface area contributed by atoms with Crippen molar-refractivity contribution in [1.29, 1.82) is 0 Å². The number of nitrogens with zero attached hydrogens (tertiary/aromatic N) is 5. The molecule has 0 spiro atoms. The highest BCUT2D eigenvalue weighted by Crippen LogP contribution is 2.40. The molecule has 0 unspecified atom stereocenters. The largest absolute Gasteiger partial charge is 0.386 e. The molecule has 0 aromatic carbocycles. The second-order valence-corrected chi connectivity index (χ2v) is 23.9. The Morgan fingerprint density at radius 3 is 2.27 bits per heavy atom. The van der Waals surface area contributed by atoms with Gasteiger partial charge in [0.05, 0.1) is 14.4 Å². The van der Waals surface area contributed by atoms with Crippen LogP contribution in [0.25, 0.3) is 11.5 Å². The van der Waals surface area contributed by atoms with Gasteiger partial charge in [0.1, 0.15) is 26.1 Å². The molecule has 0 bridgehead atoms. The van der Waals surface area contributed by atoms with Gasteiger partial charge in [0.2, 0.25) is 0 Å². The number of hydrogen-bond donors (Lipinski definition) is 0. The van der Waals surface area contributed by atoms with Crippen molar-refractivity contribution < 1.29 is 0 Å². The first kappa shape index (κ1) is 15.9. The van der Waals surface area contributed by atoms with Crippen LogP contribution in [0.1, 0.15) is 0 Å². The lowest BCUT2D eigenvalue weighted by Crippen LogP contribution is -2.48. The Hall–Kier alpha value is -0.999. The lowest BCUT2D eigenvalue weighted by molar-refractivity contribution is 0.977. The van der Waals surface area contributed by atoms with E-state index in [1.54, 1.807) is 6.33 Å². The van der Waals surface area contributed by atoms with Gasteiger partial charge in [0.25, 0.3) is 0 Å². The number of rotatable bonds is 2. The molecule has 0 aromatic rings. The number of fused-ring (bicyclic) bond motifs is 1. The summed E-state index contributed by atoms with van der Waals surface area (Å²) in [5.41, 5.74) is 2.45.